The van der Waals surface area contributed by atoms with Crippen LogP contribution in [0.1, 0.15) is 6.92 Å². The third-order valence-corrected chi connectivity index (χ3v) is 3.45. The summed E-state index contributed by atoms with van der Waals surface area (Å²) in [5.74, 6) is -0.171. The Morgan fingerprint density at radius 3 is 2.79 bits per heavy atom. The van der Waals surface area contributed by atoms with E-state index in [4.69, 9.17) is 0 Å². The number of rotatable bonds is 2. The van der Waals surface area contributed by atoms with E-state index in [1.54, 1.807) is 12.1 Å². The lowest BCUT2D eigenvalue weighted by atomic mass is 10.1. The summed E-state index contributed by atoms with van der Waals surface area (Å²) in [5, 5.41) is 3.20. The number of nitrogens with one attached hydrogen (secondary N) is 1. The molecule has 1 aromatic carbocycles. The van der Waals surface area contributed by atoms with E-state index in [0.717, 1.165) is 13.1 Å². The van der Waals surface area contributed by atoms with E-state index in [2.05, 4.69) is 26.0 Å². The zero-order valence-electron chi connectivity index (χ0n) is 10.3. The molecule has 1 heterocycles. The van der Waals surface area contributed by atoms with Gasteiger partial charge in [-0.25, -0.2) is 0 Å². The first kappa shape index (κ1) is 14.5. The summed E-state index contributed by atoms with van der Waals surface area (Å²) in [6.07, 6.45) is -4.69. The van der Waals surface area contributed by atoms with Crippen LogP contribution in [0.4, 0.5) is 18.9 Å². The van der Waals surface area contributed by atoms with Gasteiger partial charge >= 0.3 is 6.36 Å². The Hall–Kier alpha value is -0.950. The molecule has 7 heteroatoms. The van der Waals surface area contributed by atoms with Crippen LogP contribution in [0.25, 0.3) is 0 Å². The fourth-order valence-electron chi connectivity index (χ4n) is 2.13. The van der Waals surface area contributed by atoms with Crippen LogP contribution in [0.5, 0.6) is 5.75 Å². The van der Waals surface area contributed by atoms with Crippen molar-refractivity contribution in [3.8, 4) is 5.75 Å². The number of benzene rings is 1. The van der Waals surface area contributed by atoms with Crippen molar-refractivity contribution < 1.29 is 17.9 Å². The Balaban J connectivity index is 2.33. The van der Waals surface area contributed by atoms with Crippen LogP contribution in [0.15, 0.2) is 22.7 Å². The lowest BCUT2D eigenvalue weighted by Crippen LogP contribution is -2.50. The van der Waals surface area contributed by atoms with Gasteiger partial charge in [0, 0.05) is 30.1 Å². The van der Waals surface area contributed by atoms with Crippen molar-refractivity contribution in [2.75, 3.05) is 24.5 Å². The van der Waals surface area contributed by atoms with E-state index >= 15 is 0 Å². The monoisotopic (exact) mass is 338 g/mol. The number of halogens is 4. The third kappa shape index (κ3) is 3.76. The minimum Gasteiger partial charge on any atom is -0.404 e. The van der Waals surface area contributed by atoms with E-state index in [0.29, 0.717) is 16.7 Å². The molecular weight excluding hydrogens is 325 g/mol. The zero-order valence-corrected chi connectivity index (χ0v) is 11.9. The Bertz CT molecular complexity index is 453. The van der Waals surface area contributed by atoms with Crippen LogP contribution in [0.3, 0.4) is 0 Å². The molecule has 1 unspecified atom stereocenters. The largest absolute Gasteiger partial charge is 0.573 e. The second kappa shape index (κ2) is 5.58. The third-order valence-electron chi connectivity index (χ3n) is 2.96. The lowest BCUT2D eigenvalue weighted by Gasteiger charge is -2.36. The van der Waals surface area contributed by atoms with Gasteiger partial charge in [0.25, 0.3) is 0 Å². The van der Waals surface area contributed by atoms with Gasteiger partial charge in [-0.05, 0) is 25.1 Å². The Labute approximate surface area is 117 Å². The highest BCUT2D eigenvalue weighted by Gasteiger charge is 2.33. The van der Waals surface area contributed by atoms with E-state index in [-0.39, 0.29) is 11.8 Å². The summed E-state index contributed by atoms with van der Waals surface area (Å²) < 4.78 is 42.0. The number of piperazine rings is 1. The molecule has 1 fully saturated rings. The van der Waals surface area contributed by atoms with Crippen LogP contribution >= 0.6 is 15.9 Å². The molecule has 0 radical (unpaired) electrons. The summed E-state index contributed by atoms with van der Waals surface area (Å²) in [7, 11) is 0. The Morgan fingerprint density at radius 2 is 2.16 bits per heavy atom. The van der Waals surface area contributed by atoms with Crippen LogP contribution in [0.2, 0.25) is 0 Å². The minimum atomic E-state index is -4.69. The van der Waals surface area contributed by atoms with Crippen molar-refractivity contribution >= 4 is 21.6 Å². The highest BCUT2D eigenvalue weighted by molar-refractivity contribution is 9.10. The quantitative estimate of drug-likeness (QED) is 0.896. The maximum Gasteiger partial charge on any atom is 0.573 e. The van der Waals surface area contributed by atoms with Gasteiger partial charge in [0.2, 0.25) is 0 Å². The molecule has 1 saturated heterocycles. The zero-order chi connectivity index (χ0) is 14.0. The van der Waals surface area contributed by atoms with E-state index in [1.807, 2.05) is 11.8 Å². The van der Waals surface area contributed by atoms with Gasteiger partial charge in [0.15, 0.2) is 5.75 Å². The molecule has 3 nitrogen and oxygen atoms in total. The topological polar surface area (TPSA) is 24.5 Å². The maximum atomic E-state index is 12.4. The van der Waals surface area contributed by atoms with Crippen LogP contribution in [-0.4, -0.2) is 32.0 Å². The Kier molecular flexibility index (Phi) is 4.25. The standard InChI is InChI=1S/C12H14BrF3N2O/c1-8-7-17-4-5-18(8)10-3-2-9(13)6-11(10)19-12(14,15)16/h2-3,6,8,17H,4-5,7H2,1H3. The average Bonchev–Trinajstić information content (AvgIpc) is 2.28. The molecule has 1 aromatic rings. The molecule has 2 rings (SSSR count). The summed E-state index contributed by atoms with van der Waals surface area (Å²) in [5.41, 5.74) is 0.467. The maximum absolute atomic E-state index is 12.4. The van der Waals surface area contributed by atoms with Gasteiger partial charge in [0.1, 0.15) is 0 Å². The molecule has 0 saturated carbocycles. The van der Waals surface area contributed by atoms with E-state index in [1.165, 1.54) is 6.07 Å². The van der Waals surface area contributed by atoms with E-state index in [9.17, 15) is 13.2 Å². The summed E-state index contributed by atoms with van der Waals surface area (Å²) in [4.78, 5) is 1.92. The molecule has 0 aromatic heterocycles. The molecule has 0 amide bonds. The summed E-state index contributed by atoms with van der Waals surface area (Å²) in [6, 6.07) is 4.82. The van der Waals surface area contributed by atoms with Crippen molar-refractivity contribution in [1.29, 1.82) is 0 Å². The number of hydrogen-bond acceptors (Lipinski definition) is 3. The van der Waals surface area contributed by atoms with Crippen LogP contribution in [0, 0.1) is 0 Å². The van der Waals surface area contributed by atoms with Crippen LogP contribution in [-0.2, 0) is 0 Å². The molecule has 0 aliphatic carbocycles. The van der Waals surface area contributed by atoms with Crippen molar-refractivity contribution in [3.63, 3.8) is 0 Å². The SMILES string of the molecule is CC1CNCCN1c1ccc(Br)cc1OC(F)(F)F. The first-order chi connectivity index (χ1) is 8.87. The van der Waals surface area contributed by atoms with Gasteiger partial charge in [-0.1, -0.05) is 15.9 Å². The normalized spacial score (nSPS) is 20.5. The van der Waals surface area contributed by atoms with Gasteiger partial charge < -0.3 is 15.0 Å². The number of nitrogens with zero attached hydrogens (tertiary/aromatic N) is 1. The number of alkyl halides is 3. The van der Waals surface area contributed by atoms with Gasteiger partial charge in [-0.3, -0.25) is 0 Å². The molecular formula is C12H14BrF3N2O. The highest BCUT2D eigenvalue weighted by atomic mass is 79.9. The highest BCUT2D eigenvalue weighted by Crippen LogP contribution is 2.36. The average molecular weight is 339 g/mol. The smallest absolute Gasteiger partial charge is 0.404 e. The lowest BCUT2D eigenvalue weighted by molar-refractivity contribution is -0.274. The van der Waals surface area contributed by atoms with E-state index < -0.39 is 6.36 Å². The summed E-state index contributed by atoms with van der Waals surface area (Å²) >= 11 is 3.16. The molecule has 1 N–H and O–H groups in total. The van der Waals surface area contributed by atoms with Crippen molar-refractivity contribution in [2.45, 2.75) is 19.3 Å². The van der Waals surface area contributed by atoms with Gasteiger partial charge in [-0.15, -0.1) is 13.2 Å². The second-order valence-corrected chi connectivity index (χ2v) is 5.32. The van der Waals surface area contributed by atoms with Crippen molar-refractivity contribution in [1.82, 2.24) is 5.32 Å². The predicted molar refractivity (Wildman–Crippen MR) is 70.5 cm³/mol. The van der Waals surface area contributed by atoms with Crippen LogP contribution < -0.4 is 15.0 Å². The molecule has 106 valence electrons. The second-order valence-electron chi connectivity index (χ2n) is 4.41. The Morgan fingerprint density at radius 1 is 1.42 bits per heavy atom. The molecule has 0 bridgehead atoms. The van der Waals surface area contributed by atoms with Crippen molar-refractivity contribution in [2.24, 2.45) is 0 Å². The molecule has 1 aliphatic rings. The molecule has 1 atom stereocenters. The van der Waals surface area contributed by atoms with Gasteiger partial charge in [0.05, 0.1) is 5.69 Å². The fourth-order valence-corrected chi connectivity index (χ4v) is 2.47. The predicted octanol–water partition coefficient (Wildman–Crippen LogP) is 3.15. The number of hydrogen-bond donors (Lipinski definition) is 1. The number of ether oxygens (including phenoxy) is 1. The number of anilines is 1. The first-order valence-electron chi connectivity index (χ1n) is 5.89. The first-order valence-corrected chi connectivity index (χ1v) is 6.69. The van der Waals surface area contributed by atoms with Crippen molar-refractivity contribution in [3.05, 3.63) is 22.7 Å². The van der Waals surface area contributed by atoms with Gasteiger partial charge in [-0.2, -0.15) is 0 Å². The minimum absolute atomic E-state index is 0.116. The summed E-state index contributed by atoms with van der Waals surface area (Å²) in [6.45, 7) is 4.09. The fraction of sp³-hybridized carbons (Fsp3) is 0.500. The molecule has 19 heavy (non-hydrogen) atoms. The molecule has 0 spiro atoms. The molecule has 1 aliphatic heterocycles.